The van der Waals surface area contributed by atoms with Crippen molar-refractivity contribution in [3.63, 3.8) is 0 Å². The third-order valence-electron chi connectivity index (χ3n) is 1.34. The highest BCUT2D eigenvalue weighted by Gasteiger charge is 2.01. The van der Waals surface area contributed by atoms with Gasteiger partial charge in [0.2, 0.25) is 5.88 Å². The van der Waals surface area contributed by atoms with Gasteiger partial charge in [-0.1, -0.05) is 24.4 Å². The molecular weight excluding hydrogens is 188 g/mol. The predicted octanol–water partition coefficient (Wildman–Crippen LogP) is 1.70. The van der Waals surface area contributed by atoms with Crippen LogP contribution in [0.4, 0.5) is 0 Å². The van der Waals surface area contributed by atoms with Gasteiger partial charge in [-0.05, 0) is 0 Å². The van der Waals surface area contributed by atoms with E-state index in [4.69, 9.17) is 22.8 Å². The fraction of sp³-hybridized carbons (Fsp3) is 0.333. The molecule has 0 amide bonds. The normalized spacial score (nSPS) is 9.31. The molecule has 0 radical (unpaired) electrons. The van der Waals surface area contributed by atoms with E-state index in [-0.39, 0.29) is 6.61 Å². The van der Waals surface area contributed by atoms with Crippen LogP contribution in [-0.4, -0.2) is 16.6 Å². The Morgan fingerprint density at radius 1 is 1.62 bits per heavy atom. The van der Waals surface area contributed by atoms with Gasteiger partial charge in [-0.25, -0.2) is 4.98 Å². The molecular formula is C9H9ClN2O. The summed E-state index contributed by atoms with van der Waals surface area (Å²) in [6, 6.07) is 1.54. The summed E-state index contributed by atoms with van der Waals surface area (Å²) in [5, 5.41) is 0.374. The number of hydrogen-bond acceptors (Lipinski definition) is 3. The van der Waals surface area contributed by atoms with Crippen LogP contribution < -0.4 is 4.74 Å². The van der Waals surface area contributed by atoms with Crippen LogP contribution in [0.5, 0.6) is 5.88 Å². The molecule has 1 rings (SSSR count). The first-order valence-electron chi connectivity index (χ1n) is 3.86. The van der Waals surface area contributed by atoms with Crippen molar-refractivity contribution in [3.05, 3.63) is 17.0 Å². The predicted molar refractivity (Wildman–Crippen MR) is 50.7 cm³/mol. The van der Waals surface area contributed by atoms with Gasteiger partial charge in [0.1, 0.15) is 11.0 Å². The molecule has 13 heavy (non-hydrogen) atoms. The lowest BCUT2D eigenvalue weighted by Gasteiger charge is -2.02. The highest BCUT2D eigenvalue weighted by atomic mass is 35.5. The van der Waals surface area contributed by atoms with Crippen molar-refractivity contribution in [1.82, 2.24) is 9.97 Å². The van der Waals surface area contributed by atoms with Gasteiger partial charge in [0.05, 0.1) is 0 Å². The topological polar surface area (TPSA) is 35.0 Å². The SMILES string of the molecule is C#CCOc1cc(Cl)nc(CC)n1. The van der Waals surface area contributed by atoms with Crippen LogP contribution >= 0.6 is 11.6 Å². The monoisotopic (exact) mass is 196 g/mol. The maximum absolute atomic E-state index is 5.72. The first-order chi connectivity index (χ1) is 6.26. The summed E-state index contributed by atoms with van der Waals surface area (Å²) in [7, 11) is 0. The van der Waals surface area contributed by atoms with Gasteiger partial charge < -0.3 is 4.74 Å². The lowest BCUT2D eigenvalue weighted by Crippen LogP contribution is -2.00. The average molecular weight is 197 g/mol. The summed E-state index contributed by atoms with van der Waals surface area (Å²) in [6.07, 6.45) is 5.75. The zero-order valence-electron chi connectivity index (χ0n) is 7.25. The Morgan fingerprint density at radius 3 is 3.00 bits per heavy atom. The molecule has 0 fully saturated rings. The Balaban J connectivity index is 2.83. The third-order valence-corrected chi connectivity index (χ3v) is 1.53. The summed E-state index contributed by atoms with van der Waals surface area (Å²) in [5.41, 5.74) is 0. The van der Waals surface area contributed by atoms with Gasteiger partial charge >= 0.3 is 0 Å². The molecule has 4 heteroatoms. The number of nitrogens with zero attached hydrogens (tertiary/aromatic N) is 2. The van der Waals surface area contributed by atoms with E-state index in [1.165, 1.54) is 6.07 Å². The molecule has 0 aliphatic rings. The minimum Gasteiger partial charge on any atom is -0.464 e. The highest BCUT2D eigenvalue weighted by molar-refractivity contribution is 6.29. The van der Waals surface area contributed by atoms with Gasteiger partial charge in [0, 0.05) is 12.5 Å². The van der Waals surface area contributed by atoms with Gasteiger partial charge in [-0.15, -0.1) is 6.42 Å². The summed E-state index contributed by atoms with van der Waals surface area (Å²) >= 11 is 5.72. The molecule has 0 saturated carbocycles. The molecule has 0 aliphatic heterocycles. The molecule has 0 aliphatic carbocycles. The molecule has 68 valence electrons. The largest absolute Gasteiger partial charge is 0.464 e. The second kappa shape index (κ2) is 4.68. The Labute approximate surface area is 82.1 Å². The molecule has 1 aromatic heterocycles. The molecule has 1 aromatic rings. The Bertz CT molecular complexity index is 333. The van der Waals surface area contributed by atoms with Gasteiger partial charge in [-0.3, -0.25) is 0 Å². The van der Waals surface area contributed by atoms with E-state index >= 15 is 0 Å². The van der Waals surface area contributed by atoms with Crippen LogP contribution in [0, 0.1) is 12.3 Å². The van der Waals surface area contributed by atoms with E-state index in [0.717, 1.165) is 0 Å². The van der Waals surface area contributed by atoms with E-state index < -0.39 is 0 Å². The Kier molecular flexibility index (Phi) is 3.53. The van der Waals surface area contributed by atoms with Crippen LogP contribution in [0.1, 0.15) is 12.7 Å². The van der Waals surface area contributed by atoms with E-state index in [1.54, 1.807) is 0 Å². The van der Waals surface area contributed by atoms with Crippen molar-refractivity contribution < 1.29 is 4.74 Å². The number of hydrogen-bond donors (Lipinski definition) is 0. The van der Waals surface area contributed by atoms with Crippen LogP contribution in [0.15, 0.2) is 6.07 Å². The number of aryl methyl sites for hydroxylation is 1. The van der Waals surface area contributed by atoms with Crippen molar-refractivity contribution in [2.45, 2.75) is 13.3 Å². The van der Waals surface area contributed by atoms with E-state index in [0.29, 0.717) is 23.3 Å². The number of halogens is 1. The Hall–Kier alpha value is -1.27. The Morgan fingerprint density at radius 2 is 2.38 bits per heavy atom. The third kappa shape index (κ3) is 2.92. The maximum Gasteiger partial charge on any atom is 0.219 e. The summed E-state index contributed by atoms with van der Waals surface area (Å²) in [4.78, 5) is 8.06. The smallest absolute Gasteiger partial charge is 0.219 e. The van der Waals surface area contributed by atoms with E-state index in [1.807, 2.05) is 6.92 Å². The van der Waals surface area contributed by atoms with Gasteiger partial charge in [0.25, 0.3) is 0 Å². The number of terminal acetylenes is 1. The van der Waals surface area contributed by atoms with Gasteiger partial charge in [0.15, 0.2) is 6.61 Å². The average Bonchev–Trinajstić information content (AvgIpc) is 2.14. The molecule has 0 N–H and O–H groups in total. The van der Waals surface area contributed by atoms with Crippen LogP contribution in [-0.2, 0) is 6.42 Å². The van der Waals surface area contributed by atoms with Crippen LogP contribution in [0.3, 0.4) is 0 Å². The summed E-state index contributed by atoms with van der Waals surface area (Å²) < 4.78 is 5.11. The molecule has 3 nitrogen and oxygen atoms in total. The zero-order valence-corrected chi connectivity index (χ0v) is 8.01. The lowest BCUT2D eigenvalue weighted by atomic mass is 10.4. The van der Waals surface area contributed by atoms with Crippen molar-refractivity contribution in [2.24, 2.45) is 0 Å². The number of rotatable bonds is 3. The molecule has 0 aromatic carbocycles. The number of ether oxygens (including phenoxy) is 1. The zero-order chi connectivity index (χ0) is 9.68. The van der Waals surface area contributed by atoms with E-state index in [2.05, 4.69) is 15.9 Å². The summed E-state index contributed by atoms with van der Waals surface area (Å²) in [5.74, 6) is 3.43. The fourth-order valence-corrected chi connectivity index (χ4v) is 0.980. The molecule has 0 saturated heterocycles. The molecule has 0 bridgehead atoms. The number of aromatic nitrogens is 2. The minimum atomic E-state index is 0.191. The molecule has 0 spiro atoms. The highest BCUT2D eigenvalue weighted by Crippen LogP contribution is 2.13. The fourth-order valence-electron chi connectivity index (χ4n) is 0.790. The van der Waals surface area contributed by atoms with Crippen molar-refractivity contribution in [2.75, 3.05) is 6.61 Å². The second-order valence-electron chi connectivity index (χ2n) is 2.29. The van der Waals surface area contributed by atoms with Crippen molar-refractivity contribution in [3.8, 4) is 18.2 Å². The quantitative estimate of drug-likeness (QED) is 0.545. The van der Waals surface area contributed by atoms with Crippen LogP contribution in [0.25, 0.3) is 0 Å². The van der Waals surface area contributed by atoms with Crippen molar-refractivity contribution in [1.29, 1.82) is 0 Å². The minimum absolute atomic E-state index is 0.191. The molecule has 0 unspecified atom stereocenters. The maximum atomic E-state index is 5.72. The summed E-state index contributed by atoms with van der Waals surface area (Å²) in [6.45, 7) is 2.13. The standard InChI is InChI=1S/C9H9ClN2O/c1-3-5-13-9-6-7(10)11-8(4-2)12-9/h1,6H,4-5H2,2H3. The second-order valence-corrected chi connectivity index (χ2v) is 2.68. The molecule has 0 atom stereocenters. The lowest BCUT2D eigenvalue weighted by molar-refractivity contribution is 0.353. The first-order valence-corrected chi connectivity index (χ1v) is 4.23. The first kappa shape index (κ1) is 9.82. The van der Waals surface area contributed by atoms with Crippen molar-refractivity contribution >= 4 is 11.6 Å². The van der Waals surface area contributed by atoms with Gasteiger partial charge in [-0.2, -0.15) is 4.98 Å². The molecule has 1 heterocycles. The van der Waals surface area contributed by atoms with E-state index in [9.17, 15) is 0 Å². The van der Waals surface area contributed by atoms with Crippen LogP contribution in [0.2, 0.25) is 5.15 Å².